The molecule has 0 N–H and O–H groups in total. The molecule has 0 fully saturated rings. The van der Waals surface area contributed by atoms with Gasteiger partial charge in [-0.1, -0.05) is 12.1 Å². The maximum Gasteiger partial charge on any atom is 0.349 e. The lowest BCUT2D eigenvalue weighted by atomic mass is 10.1. The van der Waals surface area contributed by atoms with E-state index in [4.69, 9.17) is 9.47 Å². The van der Waals surface area contributed by atoms with Crippen molar-refractivity contribution in [2.45, 2.75) is 20.0 Å². The Morgan fingerprint density at radius 2 is 2.35 bits per heavy atom. The fourth-order valence-corrected chi connectivity index (χ4v) is 1.98. The van der Waals surface area contributed by atoms with E-state index in [2.05, 4.69) is 0 Å². The predicted molar refractivity (Wildman–Crippen MR) is 65.5 cm³/mol. The van der Waals surface area contributed by atoms with Gasteiger partial charge in [0, 0.05) is 7.05 Å². The number of rotatable bonds is 2. The summed E-state index contributed by atoms with van der Waals surface area (Å²) in [4.78, 5) is 13.7. The number of fused-ring (bicyclic) bond motifs is 1. The van der Waals surface area contributed by atoms with Crippen LogP contribution < -0.4 is 9.64 Å². The second-order valence-electron chi connectivity index (χ2n) is 4.16. The SMILES string of the molecule is CCOC(=O)C1CN(C)c2cccc(C)c2O1. The van der Waals surface area contributed by atoms with Gasteiger partial charge in [-0.15, -0.1) is 0 Å². The standard InChI is InChI=1S/C13H17NO3/c1-4-16-13(15)11-8-14(3)10-7-5-6-9(2)12(10)17-11/h5-7,11H,4,8H2,1-3H3. The summed E-state index contributed by atoms with van der Waals surface area (Å²) in [7, 11) is 1.95. The van der Waals surface area contributed by atoms with Crippen LogP contribution in [0.1, 0.15) is 12.5 Å². The molecule has 0 aliphatic carbocycles. The van der Waals surface area contributed by atoms with Crippen LogP contribution >= 0.6 is 0 Å². The van der Waals surface area contributed by atoms with E-state index in [0.29, 0.717) is 13.2 Å². The third-order valence-corrected chi connectivity index (χ3v) is 2.85. The molecule has 1 heterocycles. The first-order valence-electron chi connectivity index (χ1n) is 5.77. The Morgan fingerprint density at radius 3 is 3.06 bits per heavy atom. The van der Waals surface area contributed by atoms with Crippen molar-refractivity contribution in [1.82, 2.24) is 0 Å². The van der Waals surface area contributed by atoms with Crippen molar-refractivity contribution in [2.75, 3.05) is 25.1 Å². The van der Waals surface area contributed by atoms with E-state index < -0.39 is 6.10 Å². The molecule has 4 nitrogen and oxygen atoms in total. The van der Waals surface area contributed by atoms with Crippen LogP contribution in [0.3, 0.4) is 0 Å². The Bertz CT molecular complexity index is 431. The lowest BCUT2D eigenvalue weighted by molar-refractivity contribution is -0.151. The maximum absolute atomic E-state index is 11.7. The number of nitrogens with zero attached hydrogens (tertiary/aromatic N) is 1. The Labute approximate surface area is 101 Å². The minimum Gasteiger partial charge on any atom is -0.474 e. The summed E-state index contributed by atoms with van der Waals surface area (Å²) in [6.07, 6.45) is -0.534. The molecule has 1 aliphatic heterocycles. The van der Waals surface area contributed by atoms with Crippen molar-refractivity contribution in [3.63, 3.8) is 0 Å². The molecule has 17 heavy (non-hydrogen) atoms. The van der Waals surface area contributed by atoms with Gasteiger partial charge in [0.1, 0.15) is 5.75 Å². The second kappa shape index (κ2) is 4.65. The maximum atomic E-state index is 11.7. The van der Waals surface area contributed by atoms with Crippen LogP contribution in [-0.4, -0.2) is 32.3 Å². The molecule has 1 aromatic carbocycles. The van der Waals surface area contributed by atoms with Crippen molar-refractivity contribution in [3.8, 4) is 5.75 Å². The smallest absolute Gasteiger partial charge is 0.349 e. The van der Waals surface area contributed by atoms with Gasteiger partial charge in [0.2, 0.25) is 6.10 Å². The molecule has 0 bridgehead atoms. The first-order valence-corrected chi connectivity index (χ1v) is 5.77. The average molecular weight is 235 g/mol. The van der Waals surface area contributed by atoms with Gasteiger partial charge in [-0.3, -0.25) is 0 Å². The van der Waals surface area contributed by atoms with Crippen molar-refractivity contribution < 1.29 is 14.3 Å². The summed E-state index contributed by atoms with van der Waals surface area (Å²) in [5, 5.41) is 0. The van der Waals surface area contributed by atoms with Gasteiger partial charge in [0.05, 0.1) is 18.8 Å². The fourth-order valence-electron chi connectivity index (χ4n) is 1.98. The third-order valence-electron chi connectivity index (χ3n) is 2.85. The summed E-state index contributed by atoms with van der Waals surface area (Å²) in [5.74, 6) is 0.479. The number of carbonyl (C=O) groups is 1. The molecule has 0 radical (unpaired) electrons. The molecular weight excluding hydrogens is 218 g/mol. The van der Waals surface area contributed by atoms with Crippen LogP contribution in [0, 0.1) is 6.92 Å². The lowest BCUT2D eigenvalue weighted by Crippen LogP contribution is -2.43. The molecule has 1 aromatic rings. The van der Waals surface area contributed by atoms with Crippen molar-refractivity contribution in [1.29, 1.82) is 0 Å². The Balaban J connectivity index is 2.26. The molecule has 0 aromatic heterocycles. The quantitative estimate of drug-likeness (QED) is 0.732. The largest absolute Gasteiger partial charge is 0.474 e. The van der Waals surface area contributed by atoms with E-state index in [0.717, 1.165) is 17.0 Å². The van der Waals surface area contributed by atoms with Gasteiger partial charge in [0.15, 0.2) is 0 Å². The number of para-hydroxylation sites is 1. The van der Waals surface area contributed by atoms with E-state index in [1.807, 2.05) is 37.1 Å². The van der Waals surface area contributed by atoms with E-state index in [-0.39, 0.29) is 5.97 Å². The molecule has 92 valence electrons. The van der Waals surface area contributed by atoms with Crippen LogP contribution in [0.15, 0.2) is 18.2 Å². The molecule has 0 saturated carbocycles. The van der Waals surface area contributed by atoms with Gasteiger partial charge in [-0.2, -0.15) is 0 Å². The van der Waals surface area contributed by atoms with Crippen molar-refractivity contribution in [3.05, 3.63) is 23.8 Å². The highest BCUT2D eigenvalue weighted by atomic mass is 16.6. The fraction of sp³-hybridized carbons (Fsp3) is 0.462. The van der Waals surface area contributed by atoms with Crippen LogP contribution in [0.25, 0.3) is 0 Å². The number of anilines is 1. The Kier molecular flexibility index (Phi) is 3.22. The molecule has 0 spiro atoms. The molecule has 4 heteroatoms. The highest BCUT2D eigenvalue weighted by molar-refractivity contribution is 5.78. The minimum absolute atomic E-state index is 0.298. The van der Waals surface area contributed by atoms with E-state index in [1.54, 1.807) is 6.92 Å². The molecule has 1 atom stereocenters. The lowest BCUT2D eigenvalue weighted by Gasteiger charge is -2.33. The Morgan fingerprint density at radius 1 is 1.59 bits per heavy atom. The molecule has 1 aliphatic rings. The molecule has 0 amide bonds. The third kappa shape index (κ3) is 2.20. The van der Waals surface area contributed by atoms with Gasteiger partial charge in [0.25, 0.3) is 0 Å². The monoisotopic (exact) mass is 235 g/mol. The van der Waals surface area contributed by atoms with Crippen LogP contribution in [0.4, 0.5) is 5.69 Å². The molecule has 0 saturated heterocycles. The van der Waals surface area contributed by atoms with Gasteiger partial charge in [-0.05, 0) is 25.5 Å². The number of likely N-dealkylation sites (N-methyl/N-ethyl adjacent to an activating group) is 1. The van der Waals surface area contributed by atoms with Crippen LogP contribution in [-0.2, 0) is 9.53 Å². The zero-order chi connectivity index (χ0) is 12.4. The minimum atomic E-state index is -0.534. The number of hydrogen-bond donors (Lipinski definition) is 0. The van der Waals surface area contributed by atoms with Gasteiger partial charge >= 0.3 is 5.97 Å². The Hall–Kier alpha value is -1.71. The molecule has 1 unspecified atom stereocenters. The molecule has 2 rings (SSSR count). The zero-order valence-electron chi connectivity index (χ0n) is 10.4. The number of aryl methyl sites for hydroxylation is 1. The predicted octanol–water partition coefficient (Wildman–Crippen LogP) is 1.76. The van der Waals surface area contributed by atoms with E-state index in [1.165, 1.54) is 0 Å². The summed E-state index contributed by atoms with van der Waals surface area (Å²) >= 11 is 0. The van der Waals surface area contributed by atoms with Gasteiger partial charge < -0.3 is 14.4 Å². The van der Waals surface area contributed by atoms with E-state index >= 15 is 0 Å². The highest BCUT2D eigenvalue weighted by Crippen LogP contribution is 2.35. The van der Waals surface area contributed by atoms with Crippen LogP contribution in [0.2, 0.25) is 0 Å². The summed E-state index contributed by atoms with van der Waals surface area (Å²) < 4.78 is 10.7. The van der Waals surface area contributed by atoms with Gasteiger partial charge in [-0.25, -0.2) is 4.79 Å². The number of ether oxygens (including phenoxy) is 2. The van der Waals surface area contributed by atoms with Crippen molar-refractivity contribution in [2.24, 2.45) is 0 Å². The summed E-state index contributed by atoms with van der Waals surface area (Å²) in [6.45, 7) is 4.67. The normalized spacial score (nSPS) is 18.3. The summed E-state index contributed by atoms with van der Waals surface area (Å²) in [6, 6.07) is 5.95. The number of benzene rings is 1. The first-order chi connectivity index (χ1) is 8.13. The topological polar surface area (TPSA) is 38.8 Å². The second-order valence-corrected chi connectivity index (χ2v) is 4.16. The zero-order valence-corrected chi connectivity index (χ0v) is 10.4. The first kappa shape index (κ1) is 11.8. The summed E-state index contributed by atoms with van der Waals surface area (Å²) in [5.41, 5.74) is 2.05. The van der Waals surface area contributed by atoms with Crippen molar-refractivity contribution >= 4 is 11.7 Å². The number of hydrogen-bond acceptors (Lipinski definition) is 4. The number of carbonyl (C=O) groups excluding carboxylic acids is 1. The number of esters is 1. The van der Waals surface area contributed by atoms with Crippen LogP contribution in [0.5, 0.6) is 5.75 Å². The highest BCUT2D eigenvalue weighted by Gasteiger charge is 2.30. The average Bonchev–Trinajstić information content (AvgIpc) is 2.30. The molecular formula is C13H17NO3. The van der Waals surface area contributed by atoms with E-state index in [9.17, 15) is 4.79 Å².